The van der Waals surface area contributed by atoms with Gasteiger partial charge in [-0.05, 0) is 13.0 Å². The Hall–Kier alpha value is -2.04. The lowest BCUT2D eigenvalue weighted by molar-refractivity contribution is 0.391. The van der Waals surface area contributed by atoms with Gasteiger partial charge in [0.25, 0.3) is 0 Å². The van der Waals surface area contributed by atoms with Gasteiger partial charge in [0.1, 0.15) is 17.3 Å². The molecule has 2 rings (SSSR count). The molecule has 0 fully saturated rings. The number of nitrogens with zero attached hydrogens (tertiary/aromatic N) is 2. The van der Waals surface area contributed by atoms with E-state index in [-0.39, 0.29) is 0 Å². The van der Waals surface area contributed by atoms with E-state index in [9.17, 15) is 0 Å². The van der Waals surface area contributed by atoms with Crippen molar-refractivity contribution >= 4 is 11.5 Å². The second kappa shape index (κ2) is 4.00. The number of rotatable bonds is 3. The maximum Gasteiger partial charge on any atom is 0.133 e. The van der Waals surface area contributed by atoms with Crippen LogP contribution in [-0.4, -0.2) is 10.1 Å². The zero-order valence-electron chi connectivity index (χ0n) is 8.40. The summed E-state index contributed by atoms with van der Waals surface area (Å²) in [6.45, 7) is 2.47. The first kappa shape index (κ1) is 9.51. The molecule has 2 heterocycles. The molecule has 0 aliphatic heterocycles. The van der Waals surface area contributed by atoms with E-state index in [1.54, 1.807) is 12.3 Å². The van der Waals surface area contributed by atoms with Gasteiger partial charge in [0.05, 0.1) is 6.54 Å². The molecule has 0 spiro atoms. The highest BCUT2D eigenvalue weighted by Crippen LogP contribution is 2.10. The van der Waals surface area contributed by atoms with Gasteiger partial charge >= 0.3 is 0 Å². The summed E-state index contributed by atoms with van der Waals surface area (Å²) in [5.41, 5.74) is 7.33. The molecule has 0 aliphatic rings. The lowest BCUT2D eigenvalue weighted by atomic mass is 10.3. The standard InChI is InChI=1S/C10H12N4O/c1-7-4-9(14-15-7)6-13-8-2-3-12-10(11)5-8/h2-5H,6H2,1H3,(H3,11,12,13). The highest BCUT2D eigenvalue weighted by molar-refractivity contribution is 5.49. The first-order valence-corrected chi connectivity index (χ1v) is 4.61. The van der Waals surface area contributed by atoms with Crippen LogP contribution < -0.4 is 11.1 Å². The number of nitrogens with two attached hydrogens (primary N) is 1. The van der Waals surface area contributed by atoms with Crippen LogP contribution in [0.4, 0.5) is 11.5 Å². The monoisotopic (exact) mass is 204 g/mol. The number of aromatic nitrogens is 2. The smallest absolute Gasteiger partial charge is 0.133 e. The molecule has 0 saturated heterocycles. The van der Waals surface area contributed by atoms with Crippen LogP contribution in [0.5, 0.6) is 0 Å². The summed E-state index contributed by atoms with van der Waals surface area (Å²) in [6, 6.07) is 5.51. The Morgan fingerprint density at radius 1 is 1.47 bits per heavy atom. The van der Waals surface area contributed by atoms with Crippen molar-refractivity contribution in [3.63, 3.8) is 0 Å². The third-order valence-electron chi connectivity index (χ3n) is 1.93. The van der Waals surface area contributed by atoms with Crippen molar-refractivity contribution in [2.75, 3.05) is 11.1 Å². The second-order valence-electron chi connectivity index (χ2n) is 3.25. The molecule has 0 aliphatic carbocycles. The van der Waals surface area contributed by atoms with Crippen molar-refractivity contribution in [1.82, 2.24) is 10.1 Å². The van der Waals surface area contributed by atoms with E-state index in [0.717, 1.165) is 17.1 Å². The number of aryl methyl sites for hydroxylation is 1. The van der Waals surface area contributed by atoms with E-state index < -0.39 is 0 Å². The lowest BCUT2D eigenvalue weighted by Crippen LogP contribution is -2.00. The van der Waals surface area contributed by atoms with Crippen LogP contribution in [-0.2, 0) is 6.54 Å². The molecular formula is C10H12N4O. The number of hydrogen-bond acceptors (Lipinski definition) is 5. The topological polar surface area (TPSA) is 77.0 Å². The number of nitrogen functional groups attached to an aromatic ring is 1. The van der Waals surface area contributed by atoms with Gasteiger partial charge in [-0.15, -0.1) is 0 Å². The molecular weight excluding hydrogens is 192 g/mol. The van der Waals surface area contributed by atoms with Crippen LogP contribution in [0, 0.1) is 6.92 Å². The highest BCUT2D eigenvalue weighted by atomic mass is 16.5. The van der Waals surface area contributed by atoms with Crippen molar-refractivity contribution in [3.05, 3.63) is 35.9 Å². The zero-order valence-corrected chi connectivity index (χ0v) is 8.40. The van der Waals surface area contributed by atoms with Gasteiger partial charge in [-0.1, -0.05) is 5.16 Å². The van der Waals surface area contributed by atoms with Crippen molar-refractivity contribution < 1.29 is 4.52 Å². The molecule has 0 bridgehead atoms. The summed E-state index contributed by atoms with van der Waals surface area (Å²) in [5.74, 6) is 1.30. The van der Waals surface area contributed by atoms with Gasteiger partial charge in [0, 0.05) is 24.0 Å². The van der Waals surface area contributed by atoms with Gasteiger partial charge in [-0.2, -0.15) is 0 Å². The average molecular weight is 204 g/mol. The third-order valence-corrected chi connectivity index (χ3v) is 1.93. The molecule has 15 heavy (non-hydrogen) atoms. The highest BCUT2D eigenvalue weighted by Gasteiger charge is 1.99. The fourth-order valence-electron chi connectivity index (χ4n) is 1.25. The predicted octanol–water partition coefficient (Wildman–Crippen LogP) is 1.57. The molecule has 3 N–H and O–H groups in total. The molecule has 2 aromatic heterocycles. The summed E-state index contributed by atoms with van der Waals surface area (Å²) in [7, 11) is 0. The van der Waals surface area contributed by atoms with E-state index in [2.05, 4.69) is 15.5 Å². The molecule has 0 atom stereocenters. The quantitative estimate of drug-likeness (QED) is 0.793. The van der Waals surface area contributed by atoms with Crippen LogP contribution >= 0.6 is 0 Å². The fourth-order valence-corrected chi connectivity index (χ4v) is 1.25. The van der Waals surface area contributed by atoms with E-state index in [0.29, 0.717) is 12.4 Å². The summed E-state index contributed by atoms with van der Waals surface area (Å²) in [4.78, 5) is 3.90. The maximum absolute atomic E-state index is 5.55. The Labute approximate surface area is 87.3 Å². The molecule has 2 aromatic rings. The molecule has 0 radical (unpaired) electrons. The Morgan fingerprint density at radius 3 is 3.00 bits per heavy atom. The molecule has 5 nitrogen and oxygen atoms in total. The zero-order chi connectivity index (χ0) is 10.7. The Morgan fingerprint density at radius 2 is 2.33 bits per heavy atom. The molecule has 0 aromatic carbocycles. The van der Waals surface area contributed by atoms with Gasteiger partial charge in [0.15, 0.2) is 0 Å². The van der Waals surface area contributed by atoms with Crippen molar-refractivity contribution in [2.45, 2.75) is 13.5 Å². The molecule has 0 saturated carbocycles. The molecule has 0 unspecified atom stereocenters. The minimum atomic E-state index is 0.497. The molecule has 5 heteroatoms. The van der Waals surface area contributed by atoms with E-state index >= 15 is 0 Å². The van der Waals surface area contributed by atoms with Gasteiger partial charge in [-0.3, -0.25) is 0 Å². The van der Waals surface area contributed by atoms with Gasteiger partial charge < -0.3 is 15.6 Å². The second-order valence-corrected chi connectivity index (χ2v) is 3.25. The van der Waals surface area contributed by atoms with Crippen molar-refractivity contribution in [2.24, 2.45) is 0 Å². The number of pyridine rings is 1. The predicted molar refractivity (Wildman–Crippen MR) is 57.2 cm³/mol. The Kier molecular flexibility index (Phi) is 2.53. The number of anilines is 2. The Bertz CT molecular complexity index is 452. The summed E-state index contributed by atoms with van der Waals surface area (Å²) in [5, 5.41) is 7.04. The van der Waals surface area contributed by atoms with Crippen molar-refractivity contribution in [1.29, 1.82) is 0 Å². The van der Waals surface area contributed by atoms with Crippen LogP contribution in [0.15, 0.2) is 28.9 Å². The normalized spacial score (nSPS) is 10.2. The Balaban J connectivity index is 1.99. The molecule has 78 valence electrons. The summed E-state index contributed by atoms with van der Waals surface area (Å²) < 4.78 is 4.95. The first-order chi connectivity index (χ1) is 7.24. The summed E-state index contributed by atoms with van der Waals surface area (Å²) in [6.07, 6.45) is 1.66. The van der Waals surface area contributed by atoms with Gasteiger partial charge in [0.2, 0.25) is 0 Å². The summed E-state index contributed by atoms with van der Waals surface area (Å²) >= 11 is 0. The third kappa shape index (κ3) is 2.46. The van der Waals surface area contributed by atoms with Crippen LogP contribution in [0.1, 0.15) is 11.5 Å². The van der Waals surface area contributed by atoms with Crippen LogP contribution in [0.2, 0.25) is 0 Å². The van der Waals surface area contributed by atoms with Crippen LogP contribution in [0.3, 0.4) is 0 Å². The van der Waals surface area contributed by atoms with Crippen molar-refractivity contribution in [3.8, 4) is 0 Å². The van der Waals surface area contributed by atoms with E-state index in [4.69, 9.17) is 10.3 Å². The molecule has 0 amide bonds. The first-order valence-electron chi connectivity index (χ1n) is 4.61. The van der Waals surface area contributed by atoms with E-state index in [1.165, 1.54) is 0 Å². The van der Waals surface area contributed by atoms with Crippen LogP contribution in [0.25, 0.3) is 0 Å². The minimum absolute atomic E-state index is 0.497. The lowest BCUT2D eigenvalue weighted by Gasteiger charge is -2.03. The number of hydrogen-bond donors (Lipinski definition) is 2. The fraction of sp³-hybridized carbons (Fsp3) is 0.200. The SMILES string of the molecule is Cc1cc(CNc2ccnc(N)c2)no1. The van der Waals surface area contributed by atoms with Gasteiger partial charge in [-0.25, -0.2) is 4.98 Å². The average Bonchev–Trinajstić information content (AvgIpc) is 2.62. The number of nitrogens with one attached hydrogen (secondary N) is 1. The minimum Gasteiger partial charge on any atom is -0.384 e. The largest absolute Gasteiger partial charge is 0.384 e. The maximum atomic E-state index is 5.55. The van der Waals surface area contributed by atoms with E-state index in [1.807, 2.05) is 19.1 Å².